The van der Waals surface area contributed by atoms with Gasteiger partial charge >= 0.3 is 6.09 Å². The van der Waals surface area contributed by atoms with E-state index >= 15 is 4.39 Å². The van der Waals surface area contributed by atoms with Gasteiger partial charge in [0.05, 0.1) is 57.2 Å². The van der Waals surface area contributed by atoms with Crippen LogP contribution in [0.4, 0.5) is 9.18 Å². The molecular formula is C52H61Cl2FN6O5Si. The van der Waals surface area contributed by atoms with Crippen LogP contribution in [0.25, 0.3) is 44.2 Å². The van der Waals surface area contributed by atoms with E-state index in [-0.39, 0.29) is 81.0 Å². The highest BCUT2D eigenvalue weighted by atomic mass is 35.5. The number of hydrogen-bond acceptors (Lipinski definition) is 8. The van der Waals surface area contributed by atoms with Crippen LogP contribution < -0.4 is 0 Å². The molecule has 3 aliphatic heterocycles. The molecular weight excluding hydrogens is 907 g/mol. The molecule has 5 aliphatic rings. The molecule has 67 heavy (non-hydrogen) atoms. The fourth-order valence-corrected chi connectivity index (χ4v) is 12.0. The molecule has 3 saturated heterocycles. The Hall–Kier alpha value is -4.58. The number of pyridine rings is 2. The summed E-state index contributed by atoms with van der Waals surface area (Å²) in [7, 11) is -2.29. The maximum atomic E-state index is 18.2. The van der Waals surface area contributed by atoms with E-state index in [0.717, 1.165) is 30.3 Å². The molecule has 2 amide bonds. The summed E-state index contributed by atoms with van der Waals surface area (Å²) in [5.74, 6) is -0.527. The molecule has 6 heterocycles. The third-order valence-corrected chi connectivity index (χ3v) is 20.1. The maximum absolute atomic E-state index is 18.2. The predicted molar refractivity (Wildman–Crippen MR) is 263 cm³/mol. The van der Waals surface area contributed by atoms with E-state index in [2.05, 4.69) is 55.6 Å². The van der Waals surface area contributed by atoms with Crippen LogP contribution in [-0.2, 0) is 26.0 Å². The highest BCUT2D eigenvalue weighted by Crippen LogP contribution is 2.55. The molecule has 0 radical (unpaired) electrons. The second-order valence-corrected chi connectivity index (χ2v) is 27.8. The van der Waals surface area contributed by atoms with Crippen LogP contribution in [0, 0.1) is 29.0 Å². The highest BCUT2D eigenvalue weighted by molar-refractivity contribution is 6.74. The van der Waals surface area contributed by atoms with E-state index in [1.54, 1.807) is 44.3 Å². The molecule has 10 rings (SSSR count). The number of carbonyl (C=O) groups is 2. The van der Waals surface area contributed by atoms with Gasteiger partial charge in [-0.15, -0.1) is 0 Å². The van der Waals surface area contributed by atoms with Crippen LogP contribution in [0.3, 0.4) is 0 Å². The summed E-state index contributed by atoms with van der Waals surface area (Å²) in [5.41, 5.74) is 2.42. The van der Waals surface area contributed by atoms with Crippen molar-refractivity contribution in [3.05, 3.63) is 81.5 Å². The van der Waals surface area contributed by atoms with Crippen LogP contribution in [0.5, 0.6) is 0 Å². The third-order valence-electron chi connectivity index (χ3n) is 14.8. The summed E-state index contributed by atoms with van der Waals surface area (Å²) in [4.78, 5) is 42.3. The van der Waals surface area contributed by atoms with Crippen molar-refractivity contribution in [2.24, 2.45) is 11.8 Å². The lowest BCUT2D eigenvalue weighted by molar-refractivity contribution is -0.133. The molecule has 5 aromatic rings. The summed E-state index contributed by atoms with van der Waals surface area (Å²) in [6.45, 7) is 21.0. The predicted octanol–water partition coefficient (Wildman–Crippen LogP) is 12.3. The molecule has 5 fully saturated rings. The van der Waals surface area contributed by atoms with Crippen molar-refractivity contribution in [1.82, 2.24) is 24.3 Å². The number of aryl methyl sites for hydroxylation is 1. The number of halogens is 3. The Balaban J connectivity index is 1.35. The SMILES string of the molecule is CC(C)(C)OC(=O)N1C[C@H]2C[C@@H]1[C@H]2n1c([C@H]2C[C@H](O[Si](C)(C)C(C)(C)C)CN2C(=O)C2CC2)cc2c(-c3ccc(C(C)(C)O)nc3)nc3c(F)c(-c4cccc(Cl)c4Cl)c(CCC#N)cc3c21. The van der Waals surface area contributed by atoms with Gasteiger partial charge in [-0.2, -0.15) is 5.26 Å². The van der Waals surface area contributed by atoms with Gasteiger partial charge in [0.2, 0.25) is 5.91 Å². The number of hydrogen-bond donors (Lipinski definition) is 1. The van der Waals surface area contributed by atoms with Gasteiger partial charge in [-0.05, 0) is 114 Å². The van der Waals surface area contributed by atoms with Crippen LogP contribution >= 0.6 is 23.2 Å². The van der Waals surface area contributed by atoms with Crippen molar-refractivity contribution < 1.29 is 28.2 Å². The first-order chi connectivity index (χ1) is 31.4. The van der Waals surface area contributed by atoms with Crippen molar-refractivity contribution >= 4 is 65.3 Å². The Morgan fingerprint density at radius 3 is 2.34 bits per heavy atom. The monoisotopic (exact) mass is 966 g/mol. The Morgan fingerprint density at radius 2 is 1.72 bits per heavy atom. The fraction of sp³-hybridized carbons (Fsp3) is 0.519. The largest absolute Gasteiger partial charge is 0.444 e. The molecule has 2 aromatic carbocycles. The van der Waals surface area contributed by atoms with Crippen molar-refractivity contribution in [2.75, 3.05) is 13.1 Å². The van der Waals surface area contributed by atoms with E-state index in [4.69, 9.17) is 37.3 Å². The van der Waals surface area contributed by atoms with Crippen LogP contribution in [0.2, 0.25) is 28.2 Å². The Morgan fingerprint density at radius 1 is 0.985 bits per heavy atom. The average Bonchev–Trinajstić information content (AvgIpc) is 3.51. The average molecular weight is 968 g/mol. The number of aliphatic hydroxyl groups is 1. The number of likely N-dealkylation sites (tertiary alicyclic amines) is 1. The number of ether oxygens (including phenoxy) is 1. The molecule has 5 atom stereocenters. The van der Waals surface area contributed by atoms with E-state index in [1.807, 2.05) is 42.7 Å². The maximum Gasteiger partial charge on any atom is 0.410 e. The van der Waals surface area contributed by atoms with Gasteiger partial charge in [-0.3, -0.25) is 9.78 Å². The third kappa shape index (κ3) is 8.53. The number of carbonyl (C=O) groups excluding carboxylic acids is 2. The first-order valence-corrected chi connectivity index (χ1v) is 27.2. The van der Waals surface area contributed by atoms with E-state index in [9.17, 15) is 20.0 Å². The van der Waals surface area contributed by atoms with Gasteiger partial charge in [-0.25, -0.2) is 14.2 Å². The van der Waals surface area contributed by atoms with Crippen molar-refractivity contribution in [1.29, 1.82) is 5.26 Å². The summed E-state index contributed by atoms with van der Waals surface area (Å²) < 4.78 is 33.6. The first kappa shape index (κ1) is 47.5. The van der Waals surface area contributed by atoms with Crippen molar-refractivity contribution in [3.8, 4) is 28.5 Å². The number of benzene rings is 2. The second-order valence-electron chi connectivity index (χ2n) is 22.2. The summed E-state index contributed by atoms with van der Waals surface area (Å²) in [5, 5.41) is 22.4. The minimum atomic E-state index is -2.29. The van der Waals surface area contributed by atoms with Crippen molar-refractivity contribution in [3.63, 3.8) is 0 Å². The van der Waals surface area contributed by atoms with E-state index in [1.165, 1.54) is 0 Å². The molecule has 11 nitrogen and oxygen atoms in total. The molecule has 2 saturated carbocycles. The number of rotatable bonds is 10. The smallest absolute Gasteiger partial charge is 0.410 e. The standard InChI is InChI=1S/C52H61Cl2FN6O5Si/c1-50(2,3)65-49(63)60-26-31-22-39(60)46(31)61-38(37-23-32(66-67(9,10)51(4,5)6)27-59(37)48(62)28-16-17-28)24-35-44(30-18-19-40(57-25-30)52(7,8)64)58-45-34(47(35)61)21-29(13-12-20-56)41(43(45)55)33-14-11-15-36(53)42(33)54/h11,14-15,18-19,21,24-25,28,31-32,37,39,46,64H,12-13,16-17,22-23,26-27H2,1-10H3/t31-,32+,37-,39-,46+/m1/s1. The number of amides is 2. The fourth-order valence-electron chi connectivity index (χ4n) is 10.3. The summed E-state index contributed by atoms with van der Waals surface area (Å²) in [6, 6.07) is 14.1. The molecule has 354 valence electrons. The minimum absolute atomic E-state index is 0.0342. The Kier molecular flexibility index (Phi) is 11.9. The lowest BCUT2D eigenvalue weighted by Gasteiger charge is -2.40. The van der Waals surface area contributed by atoms with Gasteiger partial charge in [0.15, 0.2) is 14.1 Å². The van der Waals surface area contributed by atoms with E-state index in [0.29, 0.717) is 58.5 Å². The van der Waals surface area contributed by atoms with Gasteiger partial charge in [0, 0.05) is 77.1 Å². The normalized spacial score (nSPS) is 22.1. The molecule has 3 aromatic heterocycles. The Labute approximate surface area is 403 Å². The quantitative estimate of drug-likeness (QED) is 0.137. The molecule has 1 N–H and O–H groups in total. The van der Waals surface area contributed by atoms with Gasteiger partial charge < -0.3 is 28.6 Å². The van der Waals surface area contributed by atoms with Crippen LogP contribution in [0.1, 0.15) is 117 Å². The zero-order valence-electron chi connectivity index (χ0n) is 40.1. The number of fused-ring (bicyclic) bond motifs is 4. The highest BCUT2D eigenvalue weighted by Gasteiger charge is 2.57. The second kappa shape index (κ2) is 16.8. The van der Waals surface area contributed by atoms with Gasteiger partial charge in [0.1, 0.15) is 16.7 Å². The topological polar surface area (TPSA) is 134 Å². The number of aromatic nitrogens is 3. The lowest BCUT2D eigenvalue weighted by atomic mass is 9.79. The number of nitriles is 1. The lowest BCUT2D eigenvalue weighted by Crippen LogP contribution is -2.45. The zero-order chi connectivity index (χ0) is 48.3. The first-order valence-electron chi connectivity index (χ1n) is 23.6. The molecule has 2 bridgehead atoms. The number of nitrogens with zero attached hydrogens (tertiary/aromatic N) is 6. The molecule has 2 aliphatic carbocycles. The minimum Gasteiger partial charge on any atom is -0.444 e. The molecule has 0 unspecified atom stereocenters. The van der Waals surface area contributed by atoms with Crippen LogP contribution in [-0.4, -0.2) is 80.6 Å². The van der Waals surface area contributed by atoms with Gasteiger partial charge in [-0.1, -0.05) is 56.1 Å². The Bertz CT molecular complexity index is 2860. The zero-order valence-corrected chi connectivity index (χ0v) is 42.6. The van der Waals surface area contributed by atoms with Crippen molar-refractivity contribution in [2.45, 2.75) is 147 Å². The summed E-state index contributed by atoms with van der Waals surface area (Å²) >= 11 is 13.4. The van der Waals surface area contributed by atoms with Crippen LogP contribution in [0.15, 0.2) is 48.7 Å². The molecule has 15 heteroatoms. The summed E-state index contributed by atoms with van der Waals surface area (Å²) in [6.07, 6.45) is 4.39. The van der Waals surface area contributed by atoms with Gasteiger partial charge in [0.25, 0.3) is 0 Å². The molecule has 0 spiro atoms. The van der Waals surface area contributed by atoms with E-state index < -0.39 is 31.4 Å².